The van der Waals surface area contributed by atoms with Gasteiger partial charge in [0.25, 0.3) is 5.91 Å². The molecule has 0 saturated heterocycles. The van der Waals surface area contributed by atoms with Gasteiger partial charge in [-0.3, -0.25) is 24.6 Å². The van der Waals surface area contributed by atoms with Gasteiger partial charge in [0.05, 0.1) is 11.6 Å². The molecule has 12 nitrogen and oxygen atoms in total. The first-order valence-electron chi connectivity index (χ1n) is 14.1. The number of nitrogens with two attached hydrogens (primary N) is 1. The van der Waals surface area contributed by atoms with Crippen LogP contribution in [0, 0.1) is 11.8 Å². The normalized spacial score (nSPS) is 24.9. The molecule has 5 rings (SSSR count). The maximum atomic E-state index is 14.0. The van der Waals surface area contributed by atoms with Crippen molar-refractivity contribution in [2.45, 2.75) is 50.9 Å². The number of rotatable bonds is 4. The number of carbonyl (C=O) groups excluding carboxylic acids is 4. The van der Waals surface area contributed by atoms with E-state index in [1.165, 1.54) is 11.0 Å². The van der Waals surface area contributed by atoms with Gasteiger partial charge in [-0.05, 0) is 88.5 Å². The number of Topliss-reactive ketones (excluding diaryl/α,β-unsaturated/α-hetero) is 2. The molecule has 12 heteroatoms. The van der Waals surface area contributed by atoms with Crippen molar-refractivity contribution in [1.29, 1.82) is 0 Å². The fourth-order valence-corrected chi connectivity index (χ4v) is 6.67. The Labute approximate surface area is 253 Å². The van der Waals surface area contributed by atoms with Crippen molar-refractivity contribution in [2.75, 3.05) is 19.4 Å². The molecule has 7 N–H and O–H groups in total. The molecule has 3 aliphatic carbocycles. The number of hydrogen-bond acceptors (Lipinski definition) is 10. The van der Waals surface area contributed by atoms with Gasteiger partial charge >= 0.3 is 6.09 Å². The molecule has 1 saturated carbocycles. The molecule has 4 atom stereocenters. The Bertz CT molecular complexity index is 1670. The molecule has 2 aromatic carbocycles. The lowest BCUT2D eigenvalue weighted by Gasteiger charge is -2.50. The quantitative estimate of drug-likeness (QED) is 0.282. The zero-order valence-corrected chi connectivity index (χ0v) is 25.0. The van der Waals surface area contributed by atoms with E-state index >= 15 is 0 Å². The maximum absolute atomic E-state index is 14.0. The Balaban J connectivity index is 1.58. The molecule has 0 aliphatic heterocycles. The first-order valence-corrected chi connectivity index (χ1v) is 14.1. The minimum atomic E-state index is -2.70. The Morgan fingerprint density at radius 3 is 2.25 bits per heavy atom. The number of ketones is 2. The number of benzene rings is 2. The van der Waals surface area contributed by atoms with Gasteiger partial charge in [0.1, 0.15) is 28.4 Å². The van der Waals surface area contributed by atoms with Crippen LogP contribution < -0.4 is 11.1 Å². The summed E-state index contributed by atoms with van der Waals surface area (Å²) in [5.74, 6) is -7.04. The van der Waals surface area contributed by atoms with Crippen molar-refractivity contribution in [3.8, 4) is 16.9 Å². The number of phenols is 1. The number of nitrogens with zero attached hydrogens (tertiary/aromatic N) is 1. The van der Waals surface area contributed by atoms with Crippen molar-refractivity contribution in [2.24, 2.45) is 17.6 Å². The van der Waals surface area contributed by atoms with Gasteiger partial charge in [0, 0.05) is 17.2 Å². The van der Waals surface area contributed by atoms with Crippen LogP contribution in [-0.2, 0) is 25.5 Å². The highest BCUT2D eigenvalue weighted by atomic mass is 16.6. The van der Waals surface area contributed by atoms with Gasteiger partial charge in [0.15, 0.2) is 11.4 Å². The predicted octanol–water partition coefficient (Wildman–Crippen LogP) is 2.98. The van der Waals surface area contributed by atoms with E-state index < -0.39 is 69.7 Å². The molecule has 2 aromatic rings. The van der Waals surface area contributed by atoms with E-state index in [2.05, 4.69) is 5.32 Å². The highest BCUT2D eigenvalue weighted by Gasteiger charge is 2.64. The number of carbonyl (C=O) groups is 4. The highest BCUT2D eigenvalue weighted by Crippen LogP contribution is 2.53. The van der Waals surface area contributed by atoms with Crippen LogP contribution in [0.4, 0.5) is 10.5 Å². The zero-order chi connectivity index (χ0) is 32.5. The molecule has 0 spiro atoms. The summed E-state index contributed by atoms with van der Waals surface area (Å²) in [6.07, 6.45) is -0.478. The lowest BCUT2D eigenvalue weighted by molar-refractivity contribution is -0.153. The van der Waals surface area contributed by atoms with Crippen molar-refractivity contribution in [3.63, 3.8) is 0 Å². The largest absolute Gasteiger partial charge is 0.508 e. The summed E-state index contributed by atoms with van der Waals surface area (Å²) >= 11 is 0. The monoisotopic (exact) mass is 605 g/mol. The first-order chi connectivity index (χ1) is 20.5. The van der Waals surface area contributed by atoms with Gasteiger partial charge in [-0.2, -0.15) is 0 Å². The third kappa shape index (κ3) is 4.80. The number of phenolic OH excluding ortho intramolecular Hbond substituents is 1. The van der Waals surface area contributed by atoms with Crippen molar-refractivity contribution < 1.29 is 44.3 Å². The Morgan fingerprint density at radius 1 is 1.05 bits per heavy atom. The van der Waals surface area contributed by atoms with E-state index in [0.29, 0.717) is 22.4 Å². The standard InChI is InChI=1S/C32H35N3O9/c1-31(2,3)44-30(42)34-16-8-6-14(7-9-16)17-10-11-20(36)22-18(17)12-15-13-19-24(35(4)5)26(38)23(29(33)41)28(40)32(19,43)27(39)21(15)25(22)37/h6-11,15,19,24,36-37,40,43H,12-13H2,1-5H3,(H2,33,41)(H,34,42)/t15-,19-,24-,32+/m0/s1. The minimum absolute atomic E-state index is 0.00486. The Kier molecular flexibility index (Phi) is 7.34. The van der Waals surface area contributed by atoms with Crippen LogP contribution in [0.1, 0.15) is 38.3 Å². The van der Waals surface area contributed by atoms with Crippen LogP contribution in [0.2, 0.25) is 0 Å². The molecule has 232 valence electrons. The third-order valence-corrected chi connectivity index (χ3v) is 8.45. The number of primary amides is 1. The van der Waals surface area contributed by atoms with Crippen LogP contribution in [0.15, 0.2) is 53.3 Å². The summed E-state index contributed by atoms with van der Waals surface area (Å²) < 4.78 is 5.29. The summed E-state index contributed by atoms with van der Waals surface area (Å²) in [5.41, 5.74) is 3.26. The van der Waals surface area contributed by atoms with Gasteiger partial charge < -0.3 is 30.9 Å². The van der Waals surface area contributed by atoms with Gasteiger partial charge in [-0.25, -0.2) is 4.79 Å². The highest BCUT2D eigenvalue weighted by molar-refractivity contribution is 6.24. The summed E-state index contributed by atoms with van der Waals surface area (Å²) in [4.78, 5) is 53.1. The molecule has 0 bridgehead atoms. The molecular weight excluding hydrogens is 570 g/mol. The van der Waals surface area contributed by atoms with E-state index in [1.54, 1.807) is 65.2 Å². The fourth-order valence-electron chi connectivity index (χ4n) is 6.67. The smallest absolute Gasteiger partial charge is 0.412 e. The molecule has 2 amide bonds. The average molecular weight is 606 g/mol. The van der Waals surface area contributed by atoms with Crippen LogP contribution in [-0.4, -0.2) is 80.2 Å². The second-order valence-corrected chi connectivity index (χ2v) is 12.7. The molecule has 3 aliphatic rings. The number of likely N-dealkylation sites (N-methyl/N-ethyl adjacent to an activating group) is 1. The molecule has 1 fully saturated rings. The number of aliphatic hydroxyl groups excluding tert-OH is 2. The van der Waals surface area contributed by atoms with Gasteiger partial charge in [-0.1, -0.05) is 18.2 Å². The van der Waals surface area contributed by atoms with Crippen LogP contribution in [0.3, 0.4) is 0 Å². The summed E-state index contributed by atoms with van der Waals surface area (Å²) in [7, 11) is 3.09. The van der Waals surface area contributed by atoms with Crippen LogP contribution in [0.5, 0.6) is 5.75 Å². The summed E-state index contributed by atoms with van der Waals surface area (Å²) in [6, 6.07) is 8.71. The number of ether oxygens (including phenoxy) is 1. The number of aromatic hydroxyl groups is 1. The van der Waals surface area contributed by atoms with E-state index in [0.717, 1.165) is 0 Å². The Morgan fingerprint density at radius 2 is 1.68 bits per heavy atom. The molecular formula is C32H35N3O9. The predicted molar refractivity (Wildman–Crippen MR) is 160 cm³/mol. The summed E-state index contributed by atoms with van der Waals surface area (Å²) in [6.45, 7) is 5.26. The molecule has 0 aromatic heterocycles. The SMILES string of the molecule is CN(C)[C@@H]1C(=O)C(C(N)=O)=C(O)[C@]2(O)C(=O)C3=C(O)c4c(O)ccc(-c5ccc(NC(=O)OC(C)(C)C)cc5)c4C[C@H]3C[C@@H]12. The van der Waals surface area contributed by atoms with E-state index in [4.69, 9.17) is 10.5 Å². The lowest BCUT2D eigenvalue weighted by atomic mass is 9.57. The lowest BCUT2D eigenvalue weighted by Crippen LogP contribution is -2.65. The number of nitrogens with one attached hydrogen (secondary N) is 1. The van der Waals surface area contributed by atoms with Crippen molar-refractivity contribution in [1.82, 2.24) is 4.90 Å². The van der Waals surface area contributed by atoms with Gasteiger partial charge in [0.2, 0.25) is 5.78 Å². The van der Waals surface area contributed by atoms with Gasteiger partial charge in [-0.15, -0.1) is 0 Å². The van der Waals surface area contributed by atoms with E-state index in [-0.39, 0.29) is 29.7 Å². The average Bonchev–Trinajstić information content (AvgIpc) is 2.90. The van der Waals surface area contributed by atoms with Crippen LogP contribution >= 0.6 is 0 Å². The number of hydrogen-bond donors (Lipinski definition) is 6. The molecule has 0 heterocycles. The number of amides is 2. The summed E-state index contributed by atoms with van der Waals surface area (Å²) in [5, 5.41) is 47.7. The second kappa shape index (κ2) is 10.5. The minimum Gasteiger partial charge on any atom is -0.508 e. The zero-order valence-electron chi connectivity index (χ0n) is 25.0. The van der Waals surface area contributed by atoms with E-state index in [9.17, 15) is 39.6 Å². The molecule has 0 unspecified atom stereocenters. The second-order valence-electron chi connectivity index (χ2n) is 12.7. The fraction of sp³-hybridized carbons (Fsp3) is 0.375. The molecule has 44 heavy (non-hydrogen) atoms. The van der Waals surface area contributed by atoms with Crippen molar-refractivity contribution >= 4 is 35.0 Å². The first kappa shape index (κ1) is 30.8. The maximum Gasteiger partial charge on any atom is 0.412 e. The van der Waals surface area contributed by atoms with E-state index in [1.807, 2.05) is 0 Å². The van der Waals surface area contributed by atoms with Crippen LogP contribution in [0.25, 0.3) is 16.9 Å². The number of fused-ring (bicyclic) bond motifs is 3. The third-order valence-electron chi connectivity index (χ3n) is 8.45. The molecule has 0 radical (unpaired) electrons. The topological polar surface area (TPSA) is 200 Å². The number of anilines is 1. The Hall–Kier alpha value is -4.68. The van der Waals surface area contributed by atoms with Crippen molar-refractivity contribution in [3.05, 3.63) is 64.4 Å². The number of aliphatic hydroxyl groups is 3.